The number of hydrogen-bond acceptors (Lipinski definition) is 6. The Morgan fingerprint density at radius 1 is 1.17 bits per heavy atom. The number of allylic oxidation sites excluding steroid dienone is 4. The molecule has 0 aromatic heterocycles. The molecule has 0 bridgehead atoms. The predicted molar refractivity (Wildman–Crippen MR) is 139 cm³/mol. The molecule has 1 N–H and O–H groups in total. The quantitative estimate of drug-likeness (QED) is 0.232. The topological polar surface area (TPSA) is 89.9 Å². The first-order chi connectivity index (χ1) is 16.8. The zero-order valence-corrected chi connectivity index (χ0v) is 22.7. The fraction of sp³-hybridized carbons (Fsp3) is 0.633. The van der Waals surface area contributed by atoms with Crippen LogP contribution in [0.3, 0.4) is 0 Å². The minimum atomic E-state index is -1.48. The Kier molecular flexibility index (Phi) is 8.49. The molecule has 2 saturated carbocycles. The number of unbranched alkanes of at least 4 members (excludes halogenated alkanes) is 1. The fourth-order valence-electron chi connectivity index (χ4n) is 6.10. The summed E-state index contributed by atoms with van der Waals surface area (Å²) in [6, 6.07) is 0. The van der Waals surface area contributed by atoms with Crippen LogP contribution in [0.1, 0.15) is 74.1 Å². The van der Waals surface area contributed by atoms with Crippen LogP contribution in [0.25, 0.3) is 0 Å². The summed E-state index contributed by atoms with van der Waals surface area (Å²) >= 11 is 0. The van der Waals surface area contributed by atoms with Crippen LogP contribution in [-0.2, 0) is 23.9 Å². The third-order valence-corrected chi connectivity index (χ3v) is 8.36. The first-order valence-electron chi connectivity index (χ1n) is 13.2. The monoisotopic (exact) mass is 498 g/mol. The van der Waals surface area contributed by atoms with Crippen LogP contribution >= 0.6 is 0 Å². The lowest BCUT2D eigenvalue weighted by molar-refractivity contribution is -0.168. The molecular formula is C30H42O6. The van der Waals surface area contributed by atoms with Crippen LogP contribution < -0.4 is 0 Å². The minimum Gasteiger partial charge on any atom is -0.455 e. The molecule has 0 saturated heterocycles. The lowest BCUT2D eigenvalue weighted by Gasteiger charge is -2.34. The maximum atomic E-state index is 13.9. The third kappa shape index (κ3) is 5.59. The van der Waals surface area contributed by atoms with Gasteiger partial charge in [-0.15, -0.1) is 0 Å². The fourth-order valence-corrected chi connectivity index (χ4v) is 6.10. The van der Waals surface area contributed by atoms with Gasteiger partial charge < -0.3 is 14.6 Å². The van der Waals surface area contributed by atoms with Crippen molar-refractivity contribution in [2.24, 2.45) is 29.1 Å². The van der Waals surface area contributed by atoms with E-state index in [4.69, 9.17) is 9.47 Å². The van der Waals surface area contributed by atoms with E-state index < -0.39 is 35.7 Å². The Balaban J connectivity index is 2.03. The van der Waals surface area contributed by atoms with Crippen molar-refractivity contribution in [2.45, 2.75) is 92.0 Å². The van der Waals surface area contributed by atoms with E-state index in [-0.39, 0.29) is 35.4 Å². The second-order valence-corrected chi connectivity index (χ2v) is 11.5. The van der Waals surface area contributed by atoms with E-state index in [0.29, 0.717) is 12.0 Å². The average molecular weight is 499 g/mol. The second kappa shape index (κ2) is 10.9. The minimum absolute atomic E-state index is 0.0547. The van der Waals surface area contributed by atoms with Crippen LogP contribution in [0.4, 0.5) is 0 Å². The van der Waals surface area contributed by atoms with E-state index in [1.165, 1.54) is 13.0 Å². The van der Waals surface area contributed by atoms with Gasteiger partial charge in [-0.05, 0) is 61.0 Å². The van der Waals surface area contributed by atoms with Gasteiger partial charge in [-0.1, -0.05) is 64.5 Å². The lowest BCUT2D eigenvalue weighted by atomic mass is 9.80. The van der Waals surface area contributed by atoms with Crippen molar-refractivity contribution >= 4 is 17.7 Å². The number of ketones is 1. The first-order valence-corrected chi connectivity index (χ1v) is 13.2. The molecule has 0 aromatic rings. The number of esters is 2. The van der Waals surface area contributed by atoms with Crippen LogP contribution in [0.15, 0.2) is 47.6 Å². The van der Waals surface area contributed by atoms with E-state index in [2.05, 4.69) is 20.8 Å². The third-order valence-electron chi connectivity index (χ3n) is 8.36. The number of rotatable bonds is 6. The molecule has 0 radical (unpaired) electrons. The van der Waals surface area contributed by atoms with Gasteiger partial charge in [-0.3, -0.25) is 9.59 Å². The second-order valence-electron chi connectivity index (χ2n) is 11.5. The van der Waals surface area contributed by atoms with Gasteiger partial charge in [-0.25, -0.2) is 4.79 Å². The van der Waals surface area contributed by atoms with E-state index in [9.17, 15) is 19.5 Å². The molecule has 0 spiro atoms. The maximum absolute atomic E-state index is 13.9. The molecule has 3 rings (SSSR count). The largest absolute Gasteiger partial charge is 0.455 e. The van der Waals surface area contributed by atoms with Gasteiger partial charge >= 0.3 is 11.9 Å². The highest BCUT2D eigenvalue weighted by molar-refractivity contribution is 6.03. The Bertz CT molecular complexity index is 999. The number of carbonyl (C=O) groups excluding carboxylic acids is 3. The molecule has 0 amide bonds. The SMILES string of the molecule is CCCC=CC=CC(=O)OC1CC2C(C=C(C)C(=O)C3(OC(C)=O)CC(C)C(O)C3C=C1C)C2(C)C. The van der Waals surface area contributed by atoms with Gasteiger partial charge in [0.2, 0.25) is 5.78 Å². The molecule has 6 heteroatoms. The van der Waals surface area contributed by atoms with Crippen LogP contribution in [0.5, 0.6) is 0 Å². The Labute approximate surface area is 215 Å². The predicted octanol–water partition coefficient (Wildman–Crippen LogP) is 5.27. The molecule has 7 unspecified atom stereocenters. The van der Waals surface area contributed by atoms with Crippen molar-refractivity contribution < 1.29 is 29.0 Å². The Hall–Kier alpha value is -2.47. The molecule has 3 aliphatic carbocycles. The highest BCUT2D eigenvalue weighted by atomic mass is 16.6. The number of carbonyl (C=O) groups is 3. The van der Waals surface area contributed by atoms with Crippen molar-refractivity contribution in [2.75, 3.05) is 0 Å². The van der Waals surface area contributed by atoms with E-state index >= 15 is 0 Å². The first kappa shape index (κ1) is 28.1. The van der Waals surface area contributed by atoms with E-state index in [1.807, 2.05) is 32.1 Å². The molecule has 36 heavy (non-hydrogen) atoms. The van der Waals surface area contributed by atoms with Crippen molar-refractivity contribution in [3.8, 4) is 0 Å². The molecular weight excluding hydrogens is 456 g/mol. The lowest BCUT2D eigenvalue weighted by Crippen LogP contribution is -2.48. The molecule has 0 aromatic carbocycles. The van der Waals surface area contributed by atoms with E-state index in [0.717, 1.165) is 18.4 Å². The molecule has 6 nitrogen and oxygen atoms in total. The zero-order valence-electron chi connectivity index (χ0n) is 22.7. The van der Waals surface area contributed by atoms with Crippen molar-refractivity contribution in [3.05, 3.63) is 47.6 Å². The van der Waals surface area contributed by atoms with Crippen molar-refractivity contribution in [1.82, 2.24) is 0 Å². The molecule has 0 aliphatic heterocycles. The summed E-state index contributed by atoms with van der Waals surface area (Å²) in [5, 5.41) is 11.1. The summed E-state index contributed by atoms with van der Waals surface area (Å²) < 4.78 is 11.7. The molecule has 2 fully saturated rings. The molecule has 0 heterocycles. The Morgan fingerprint density at radius 3 is 2.50 bits per heavy atom. The number of aliphatic hydroxyl groups is 1. The number of Topliss-reactive ketones (excluding diaryl/α,β-unsaturated/α-hetero) is 1. The number of ether oxygens (including phenoxy) is 2. The van der Waals surface area contributed by atoms with Gasteiger partial charge in [0.05, 0.1) is 12.0 Å². The van der Waals surface area contributed by atoms with Crippen LogP contribution in [0, 0.1) is 29.1 Å². The van der Waals surface area contributed by atoms with E-state index in [1.54, 1.807) is 19.1 Å². The zero-order chi connectivity index (χ0) is 26.8. The summed E-state index contributed by atoms with van der Waals surface area (Å²) in [6.07, 6.45) is 12.2. The number of fused-ring (bicyclic) bond motifs is 2. The highest BCUT2D eigenvalue weighted by Gasteiger charge is 2.61. The van der Waals surface area contributed by atoms with Gasteiger partial charge in [0.25, 0.3) is 0 Å². The average Bonchev–Trinajstić information content (AvgIpc) is 3.21. The summed E-state index contributed by atoms with van der Waals surface area (Å²) in [5.74, 6) is -1.87. The summed E-state index contributed by atoms with van der Waals surface area (Å²) in [6.45, 7) is 13.2. The molecule has 7 atom stereocenters. The normalized spacial score (nSPS) is 35.9. The summed E-state index contributed by atoms with van der Waals surface area (Å²) in [4.78, 5) is 38.7. The van der Waals surface area contributed by atoms with Crippen LogP contribution in [0.2, 0.25) is 0 Å². The van der Waals surface area contributed by atoms with Gasteiger partial charge in [-0.2, -0.15) is 0 Å². The van der Waals surface area contributed by atoms with Crippen molar-refractivity contribution in [1.29, 1.82) is 0 Å². The van der Waals surface area contributed by atoms with Gasteiger partial charge in [0.15, 0.2) is 5.60 Å². The molecule has 3 aliphatic rings. The number of aliphatic hydroxyl groups excluding tert-OH is 1. The maximum Gasteiger partial charge on any atom is 0.331 e. The smallest absolute Gasteiger partial charge is 0.331 e. The van der Waals surface area contributed by atoms with Crippen LogP contribution in [-0.4, -0.2) is 40.6 Å². The number of hydrogen-bond donors (Lipinski definition) is 1. The van der Waals surface area contributed by atoms with Gasteiger partial charge in [0.1, 0.15) is 6.10 Å². The van der Waals surface area contributed by atoms with Crippen molar-refractivity contribution in [3.63, 3.8) is 0 Å². The highest BCUT2D eigenvalue weighted by Crippen LogP contribution is 2.62. The summed E-state index contributed by atoms with van der Waals surface area (Å²) in [5.41, 5.74) is -0.238. The Morgan fingerprint density at radius 2 is 1.86 bits per heavy atom. The molecule has 198 valence electrons. The standard InChI is InChI=1S/C30H42O6/c1-8-9-10-11-12-13-26(32)35-25-16-23-22(29(23,6)7)15-19(3)28(34)30(36-21(5)31)17-20(4)27(33)24(30)14-18(25)2/h10-15,20,22-25,27,33H,8-9,16-17H2,1-7H3. The van der Waals surface area contributed by atoms with Gasteiger partial charge in [0, 0.05) is 19.4 Å². The summed E-state index contributed by atoms with van der Waals surface area (Å²) in [7, 11) is 0.